The van der Waals surface area contributed by atoms with Crippen molar-refractivity contribution in [2.24, 2.45) is 0 Å². The largest absolute Gasteiger partial charge is 0.436 e. The molecule has 0 aliphatic rings. The maximum atomic E-state index is 6.20. The second-order valence-corrected chi connectivity index (χ2v) is 15.0. The molecule has 0 saturated carbocycles. The number of oxazole rings is 2. The van der Waals surface area contributed by atoms with E-state index in [-0.39, 0.29) is 0 Å². The fourth-order valence-corrected chi connectivity index (χ4v) is 8.47. The maximum Gasteiger partial charge on any atom is 0.227 e. The number of rotatable bonds is 6. The van der Waals surface area contributed by atoms with E-state index in [9.17, 15) is 0 Å². The van der Waals surface area contributed by atoms with Gasteiger partial charge >= 0.3 is 0 Å². The predicted octanol–water partition coefficient (Wildman–Crippen LogP) is 14.2. The van der Waals surface area contributed by atoms with Crippen LogP contribution in [0.2, 0.25) is 0 Å². The molecule has 0 N–H and O–H groups in total. The molecule has 6 heteroatoms. The summed E-state index contributed by atoms with van der Waals surface area (Å²) in [5.74, 6) is 1.24. The number of hydrogen-bond acceptors (Lipinski definition) is 6. The van der Waals surface area contributed by atoms with Gasteiger partial charge in [-0.05, 0) is 92.3 Å². The Labute approximate surface area is 344 Å². The van der Waals surface area contributed by atoms with Crippen molar-refractivity contribution in [2.75, 3.05) is 0 Å². The number of aromatic nitrogens is 4. The van der Waals surface area contributed by atoms with Crippen LogP contribution in [0.25, 0.3) is 122 Å². The van der Waals surface area contributed by atoms with Gasteiger partial charge in [0.05, 0.1) is 22.4 Å². The molecule has 0 unspecified atom stereocenters. The lowest BCUT2D eigenvalue weighted by molar-refractivity contribution is 0.620. The van der Waals surface area contributed by atoms with E-state index in [0.717, 1.165) is 111 Å². The van der Waals surface area contributed by atoms with Gasteiger partial charge in [0.15, 0.2) is 11.2 Å². The van der Waals surface area contributed by atoms with Crippen LogP contribution in [-0.2, 0) is 0 Å². The topological polar surface area (TPSA) is 77.8 Å². The summed E-state index contributed by atoms with van der Waals surface area (Å²) in [5.41, 5.74) is 15.0. The van der Waals surface area contributed by atoms with Gasteiger partial charge in [0.25, 0.3) is 0 Å². The molecular weight excluding hydrogens is 737 g/mol. The molecule has 12 rings (SSSR count). The van der Waals surface area contributed by atoms with E-state index in [2.05, 4.69) is 121 Å². The Hall–Kier alpha value is -8.22. The molecule has 0 bridgehead atoms. The summed E-state index contributed by atoms with van der Waals surface area (Å²) in [6.07, 6.45) is 0. The van der Waals surface area contributed by atoms with Gasteiger partial charge in [0.1, 0.15) is 11.0 Å². The Morgan fingerprint density at radius 1 is 0.250 bits per heavy atom. The second kappa shape index (κ2) is 13.7. The van der Waals surface area contributed by atoms with Crippen molar-refractivity contribution in [1.82, 2.24) is 19.9 Å². The second-order valence-electron chi connectivity index (χ2n) is 15.0. The number of benzene rings is 9. The Morgan fingerprint density at radius 3 is 0.967 bits per heavy atom. The number of fused-ring (bicyclic) bond motifs is 5. The zero-order valence-electron chi connectivity index (χ0n) is 32.1. The smallest absolute Gasteiger partial charge is 0.227 e. The Morgan fingerprint density at radius 2 is 0.567 bits per heavy atom. The molecule has 0 aliphatic carbocycles. The first-order valence-corrected chi connectivity index (χ1v) is 20.0. The van der Waals surface area contributed by atoms with Crippen LogP contribution >= 0.6 is 0 Å². The summed E-state index contributed by atoms with van der Waals surface area (Å²) in [4.78, 5) is 20.0. The number of nitrogens with zero attached hydrogens (tertiary/aromatic N) is 4. The highest BCUT2D eigenvalue weighted by Gasteiger charge is 2.18. The van der Waals surface area contributed by atoms with Gasteiger partial charge in [-0.2, -0.15) is 0 Å². The lowest BCUT2D eigenvalue weighted by atomic mass is 9.93. The van der Waals surface area contributed by atoms with Crippen LogP contribution in [0.3, 0.4) is 0 Å². The fourth-order valence-electron chi connectivity index (χ4n) is 8.47. The summed E-state index contributed by atoms with van der Waals surface area (Å²) in [6.45, 7) is 0. The Bertz CT molecular complexity index is 3300. The maximum absolute atomic E-state index is 6.20. The van der Waals surface area contributed by atoms with Crippen molar-refractivity contribution in [3.63, 3.8) is 0 Å². The molecule has 0 spiro atoms. The minimum atomic E-state index is 0.618. The van der Waals surface area contributed by atoms with Gasteiger partial charge in [-0.1, -0.05) is 146 Å². The monoisotopic (exact) mass is 768 g/mol. The highest BCUT2D eigenvalue weighted by Crippen LogP contribution is 2.40. The van der Waals surface area contributed by atoms with Crippen molar-refractivity contribution in [2.45, 2.75) is 0 Å². The first-order valence-electron chi connectivity index (χ1n) is 20.0. The third-order valence-corrected chi connectivity index (χ3v) is 11.4. The third-order valence-electron chi connectivity index (χ3n) is 11.4. The van der Waals surface area contributed by atoms with Gasteiger partial charge in [0, 0.05) is 22.3 Å². The average molecular weight is 769 g/mol. The minimum Gasteiger partial charge on any atom is -0.436 e. The zero-order chi connectivity index (χ0) is 39.6. The molecule has 3 aromatic heterocycles. The lowest BCUT2D eigenvalue weighted by Crippen LogP contribution is -1.96. The summed E-state index contributed by atoms with van der Waals surface area (Å²) >= 11 is 0. The quantitative estimate of drug-likeness (QED) is 0.168. The van der Waals surface area contributed by atoms with Crippen LogP contribution in [0.4, 0.5) is 0 Å². The highest BCUT2D eigenvalue weighted by molar-refractivity contribution is 6.06. The van der Waals surface area contributed by atoms with E-state index in [4.69, 9.17) is 28.8 Å². The molecule has 0 atom stereocenters. The predicted molar refractivity (Wildman–Crippen MR) is 242 cm³/mol. The van der Waals surface area contributed by atoms with E-state index >= 15 is 0 Å². The molecule has 0 fully saturated rings. The molecule has 280 valence electrons. The van der Waals surface area contributed by atoms with Gasteiger partial charge in [-0.15, -0.1) is 0 Å². The van der Waals surface area contributed by atoms with E-state index in [1.165, 1.54) is 0 Å². The van der Waals surface area contributed by atoms with Crippen LogP contribution in [0.15, 0.2) is 203 Å². The summed E-state index contributed by atoms with van der Waals surface area (Å²) in [5, 5.41) is 4.43. The SMILES string of the molecule is c1ccc2nc(-c3ccc(-c4ccc(-c5nc6ccccc6o5)c5ccccc45)cc3)c(-c3ccc(-c4ccc(-c5nc6ccccc6o5)c5ccccc45)cc3)nc2c1. The Balaban J connectivity index is 0.912. The van der Waals surface area contributed by atoms with Gasteiger partial charge < -0.3 is 8.83 Å². The van der Waals surface area contributed by atoms with E-state index < -0.39 is 0 Å². The minimum absolute atomic E-state index is 0.618. The summed E-state index contributed by atoms with van der Waals surface area (Å²) in [6, 6.07) is 66.6. The van der Waals surface area contributed by atoms with Crippen LogP contribution in [0.1, 0.15) is 0 Å². The summed E-state index contributed by atoms with van der Waals surface area (Å²) < 4.78 is 12.4. The number of para-hydroxylation sites is 6. The van der Waals surface area contributed by atoms with Gasteiger partial charge in [-0.3, -0.25) is 0 Å². The molecule has 0 amide bonds. The van der Waals surface area contributed by atoms with E-state index in [0.29, 0.717) is 11.8 Å². The molecular formula is C54H32N4O2. The van der Waals surface area contributed by atoms with Crippen molar-refractivity contribution in [3.8, 4) is 67.7 Å². The fraction of sp³-hybridized carbons (Fsp3) is 0. The zero-order valence-corrected chi connectivity index (χ0v) is 32.1. The molecule has 60 heavy (non-hydrogen) atoms. The number of hydrogen-bond donors (Lipinski definition) is 0. The van der Waals surface area contributed by atoms with Gasteiger partial charge in [-0.25, -0.2) is 19.9 Å². The van der Waals surface area contributed by atoms with Crippen LogP contribution in [0.5, 0.6) is 0 Å². The molecule has 3 heterocycles. The molecule has 0 radical (unpaired) electrons. The molecule has 9 aromatic carbocycles. The average Bonchev–Trinajstić information content (AvgIpc) is 3.96. The molecule has 12 aromatic rings. The third kappa shape index (κ3) is 5.65. The molecule has 0 aliphatic heterocycles. The van der Waals surface area contributed by atoms with Crippen LogP contribution in [-0.4, -0.2) is 19.9 Å². The van der Waals surface area contributed by atoms with E-state index in [1.54, 1.807) is 0 Å². The van der Waals surface area contributed by atoms with Crippen LogP contribution in [0, 0.1) is 0 Å². The highest BCUT2D eigenvalue weighted by atomic mass is 16.4. The first kappa shape index (κ1) is 33.9. The molecule has 0 saturated heterocycles. The normalized spacial score (nSPS) is 11.7. The standard InChI is InChI=1S/C54H32N4O2/c1-3-13-41-39(11-1)37(29-31-43(41)53-57-47-17-7-9-19-49(47)59-53)33-21-25-35(26-22-33)51-52(56-46-16-6-5-15-45(46)55-51)36-27-23-34(24-28-36)38-30-32-44(42-14-4-2-12-40(38)42)54-58-48-18-8-10-20-50(48)60-54/h1-32H. The van der Waals surface area contributed by atoms with Crippen molar-refractivity contribution < 1.29 is 8.83 Å². The van der Waals surface area contributed by atoms with E-state index in [1.807, 2.05) is 72.8 Å². The van der Waals surface area contributed by atoms with Crippen molar-refractivity contribution >= 4 is 54.8 Å². The van der Waals surface area contributed by atoms with Crippen molar-refractivity contribution in [1.29, 1.82) is 0 Å². The summed E-state index contributed by atoms with van der Waals surface area (Å²) in [7, 11) is 0. The lowest BCUT2D eigenvalue weighted by Gasteiger charge is -2.14. The molecule has 6 nitrogen and oxygen atoms in total. The van der Waals surface area contributed by atoms with Crippen LogP contribution < -0.4 is 0 Å². The van der Waals surface area contributed by atoms with Gasteiger partial charge in [0.2, 0.25) is 11.8 Å². The first-order chi connectivity index (χ1) is 29.7. The van der Waals surface area contributed by atoms with Crippen molar-refractivity contribution in [3.05, 3.63) is 194 Å². The Kier molecular flexibility index (Phi) is 7.74.